The molecular formula is C12H20N2O3. The van der Waals surface area contributed by atoms with Gasteiger partial charge in [-0.1, -0.05) is 0 Å². The Morgan fingerprint density at radius 3 is 2.65 bits per heavy atom. The summed E-state index contributed by atoms with van der Waals surface area (Å²) >= 11 is 0. The van der Waals surface area contributed by atoms with Gasteiger partial charge in [0.15, 0.2) is 5.78 Å². The molecule has 1 N–H and O–H groups in total. The minimum absolute atomic E-state index is 0.0190. The maximum Gasteiger partial charge on any atom is 0.234 e. The Morgan fingerprint density at radius 1 is 1.29 bits per heavy atom. The van der Waals surface area contributed by atoms with E-state index in [9.17, 15) is 9.59 Å². The first-order chi connectivity index (χ1) is 8.15. The third-order valence-corrected chi connectivity index (χ3v) is 3.17. The molecule has 1 amide bonds. The van der Waals surface area contributed by atoms with Crippen LogP contribution in [0.25, 0.3) is 0 Å². The zero-order valence-corrected chi connectivity index (χ0v) is 10.3. The fraction of sp³-hybridized carbons (Fsp3) is 0.833. The van der Waals surface area contributed by atoms with Crippen LogP contribution in [0.3, 0.4) is 0 Å². The number of ether oxygens (including phenoxy) is 1. The standard InChI is InChI=1S/C12H20N2O3/c1-14(7-12(16)13-10-2-3-10)6-11(15)9-4-5-17-8-9/h9-10H,2-8H2,1H3,(H,13,16). The fourth-order valence-corrected chi connectivity index (χ4v) is 1.99. The minimum Gasteiger partial charge on any atom is -0.381 e. The van der Waals surface area contributed by atoms with Crippen LogP contribution in [-0.4, -0.2) is 56.0 Å². The molecule has 1 atom stereocenters. The van der Waals surface area contributed by atoms with Crippen molar-refractivity contribution >= 4 is 11.7 Å². The molecule has 0 radical (unpaired) electrons. The summed E-state index contributed by atoms with van der Waals surface area (Å²) in [4.78, 5) is 25.1. The molecule has 0 bridgehead atoms. The summed E-state index contributed by atoms with van der Waals surface area (Å²) in [6.45, 7) is 1.87. The zero-order chi connectivity index (χ0) is 12.3. The number of nitrogens with zero attached hydrogens (tertiary/aromatic N) is 1. The van der Waals surface area contributed by atoms with Crippen LogP contribution >= 0.6 is 0 Å². The Kier molecular flexibility index (Phi) is 4.12. The van der Waals surface area contributed by atoms with Gasteiger partial charge in [0, 0.05) is 18.6 Å². The van der Waals surface area contributed by atoms with Gasteiger partial charge in [0.25, 0.3) is 0 Å². The van der Waals surface area contributed by atoms with Crippen LogP contribution in [0.4, 0.5) is 0 Å². The van der Waals surface area contributed by atoms with Gasteiger partial charge in [-0.3, -0.25) is 14.5 Å². The van der Waals surface area contributed by atoms with Crippen LogP contribution in [0.1, 0.15) is 19.3 Å². The van der Waals surface area contributed by atoms with Crippen molar-refractivity contribution in [2.75, 3.05) is 33.4 Å². The Bertz CT molecular complexity index is 296. The van der Waals surface area contributed by atoms with E-state index in [0.717, 1.165) is 19.3 Å². The second-order valence-electron chi connectivity index (χ2n) is 5.04. The summed E-state index contributed by atoms with van der Waals surface area (Å²) in [5.74, 6) is 0.235. The summed E-state index contributed by atoms with van der Waals surface area (Å²) in [6.07, 6.45) is 3.00. The van der Waals surface area contributed by atoms with Gasteiger partial charge in [-0.05, 0) is 26.3 Å². The molecule has 1 saturated heterocycles. The topological polar surface area (TPSA) is 58.6 Å². The lowest BCUT2D eigenvalue weighted by atomic mass is 10.0. The summed E-state index contributed by atoms with van der Waals surface area (Å²) in [6, 6.07) is 0.384. The van der Waals surface area contributed by atoms with Crippen LogP contribution in [0.5, 0.6) is 0 Å². The lowest BCUT2D eigenvalue weighted by molar-refractivity contribution is -0.125. The fourth-order valence-electron chi connectivity index (χ4n) is 1.99. The molecule has 0 aromatic carbocycles. The van der Waals surface area contributed by atoms with Gasteiger partial charge in [0.2, 0.25) is 5.91 Å². The van der Waals surface area contributed by atoms with E-state index < -0.39 is 0 Å². The molecule has 5 nitrogen and oxygen atoms in total. The predicted molar refractivity (Wildman–Crippen MR) is 62.6 cm³/mol. The zero-order valence-electron chi connectivity index (χ0n) is 10.3. The lowest BCUT2D eigenvalue weighted by Crippen LogP contribution is -2.39. The Balaban J connectivity index is 1.66. The monoisotopic (exact) mass is 240 g/mol. The summed E-state index contributed by atoms with van der Waals surface area (Å²) in [5, 5.41) is 2.91. The Labute approximate surface area is 101 Å². The highest BCUT2D eigenvalue weighted by atomic mass is 16.5. The number of Topliss-reactive ketones (excluding diaryl/α,β-unsaturated/α-hetero) is 1. The van der Waals surface area contributed by atoms with E-state index in [-0.39, 0.29) is 17.6 Å². The van der Waals surface area contributed by atoms with Gasteiger partial charge < -0.3 is 10.1 Å². The van der Waals surface area contributed by atoms with E-state index in [4.69, 9.17) is 4.74 Å². The summed E-state index contributed by atoms with van der Waals surface area (Å²) < 4.78 is 5.18. The number of nitrogens with one attached hydrogen (secondary N) is 1. The van der Waals surface area contributed by atoms with E-state index in [0.29, 0.717) is 32.3 Å². The molecule has 0 spiro atoms. The quantitative estimate of drug-likeness (QED) is 0.698. The van der Waals surface area contributed by atoms with Crippen LogP contribution in [0.2, 0.25) is 0 Å². The van der Waals surface area contributed by atoms with Gasteiger partial charge in [0.05, 0.1) is 19.7 Å². The van der Waals surface area contributed by atoms with Crippen molar-refractivity contribution in [1.29, 1.82) is 0 Å². The third kappa shape index (κ3) is 4.09. The molecule has 5 heteroatoms. The second kappa shape index (κ2) is 5.60. The van der Waals surface area contributed by atoms with Crippen molar-refractivity contribution < 1.29 is 14.3 Å². The maximum absolute atomic E-state index is 11.8. The molecule has 1 aliphatic heterocycles. The third-order valence-electron chi connectivity index (χ3n) is 3.17. The largest absolute Gasteiger partial charge is 0.381 e. The number of ketones is 1. The van der Waals surface area contributed by atoms with E-state index in [1.165, 1.54) is 0 Å². The number of hydrogen-bond acceptors (Lipinski definition) is 4. The average Bonchev–Trinajstić information content (AvgIpc) is 2.90. The van der Waals surface area contributed by atoms with Crippen LogP contribution in [0, 0.1) is 5.92 Å². The number of amides is 1. The number of likely N-dealkylation sites (N-methyl/N-ethyl adjacent to an activating group) is 1. The van der Waals surface area contributed by atoms with E-state index in [2.05, 4.69) is 5.32 Å². The molecule has 1 heterocycles. The first kappa shape index (κ1) is 12.5. The van der Waals surface area contributed by atoms with Gasteiger partial charge in [0.1, 0.15) is 0 Å². The van der Waals surface area contributed by atoms with E-state index in [1.54, 1.807) is 11.9 Å². The first-order valence-corrected chi connectivity index (χ1v) is 6.23. The van der Waals surface area contributed by atoms with Gasteiger partial charge in [-0.2, -0.15) is 0 Å². The van der Waals surface area contributed by atoms with Crippen molar-refractivity contribution in [3.63, 3.8) is 0 Å². The summed E-state index contributed by atoms with van der Waals surface area (Å²) in [7, 11) is 1.81. The van der Waals surface area contributed by atoms with Crippen molar-refractivity contribution in [2.24, 2.45) is 5.92 Å². The Morgan fingerprint density at radius 2 is 2.06 bits per heavy atom. The van der Waals surface area contributed by atoms with E-state index >= 15 is 0 Å². The number of hydrogen-bond donors (Lipinski definition) is 1. The molecule has 1 unspecified atom stereocenters. The smallest absolute Gasteiger partial charge is 0.234 e. The molecule has 2 rings (SSSR count). The highest BCUT2D eigenvalue weighted by Gasteiger charge is 2.26. The summed E-state index contributed by atoms with van der Waals surface area (Å²) in [5.41, 5.74) is 0. The molecule has 0 aromatic rings. The molecule has 2 fully saturated rings. The SMILES string of the molecule is CN(CC(=O)NC1CC1)CC(=O)C1CCOC1. The van der Waals surface area contributed by atoms with Crippen molar-refractivity contribution in [3.05, 3.63) is 0 Å². The maximum atomic E-state index is 11.8. The second-order valence-corrected chi connectivity index (χ2v) is 5.04. The van der Waals surface area contributed by atoms with E-state index in [1.807, 2.05) is 0 Å². The highest BCUT2D eigenvalue weighted by Crippen LogP contribution is 2.18. The molecule has 0 aromatic heterocycles. The van der Waals surface area contributed by atoms with Crippen molar-refractivity contribution in [3.8, 4) is 0 Å². The highest BCUT2D eigenvalue weighted by molar-refractivity contribution is 5.84. The average molecular weight is 240 g/mol. The van der Waals surface area contributed by atoms with Crippen LogP contribution in [0.15, 0.2) is 0 Å². The molecule has 1 saturated carbocycles. The lowest BCUT2D eigenvalue weighted by Gasteiger charge is -2.17. The Hall–Kier alpha value is -0.940. The number of rotatable bonds is 6. The predicted octanol–water partition coefficient (Wildman–Crippen LogP) is -0.198. The normalized spacial score (nSPS) is 24.0. The molecule has 96 valence electrons. The minimum atomic E-state index is 0.0190. The molecule has 17 heavy (non-hydrogen) atoms. The first-order valence-electron chi connectivity index (χ1n) is 6.23. The van der Waals surface area contributed by atoms with Crippen molar-refractivity contribution in [2.45, 2.75) is 25.3 Å². The van der Waals surface area contributed by atoms with Crippen LogP contribution < -0.4 is 5.32 Å². The molecule has 2 aliphatic rings. The number of carbonyl (C=O) groups excluding carboxylic acids is 2. The molecule has 1 aliphatic carbocycles. The number of carbonyl (C=O) groups is 2. The molecular weight excluding hydrogens is 220 g/mol. The van der Waals surface area contributed by atoms with Gasteiger partial charge in [-0.25, -0.2) is 0 Å². The van der Waals surface area contributed by atoms with Crippen molar-refractivity contribution in [1.82, 2.24) is 10.2 Å². The van der Waals surface area contributed by atoms with Gasteiger partial charge in [-0.15, -0.1) is 0 Å². The van der Waals surface area contributed by atoms with Gasteiger partial charge >= 0.3 is 0 Å². The van der Waals surface area contributed by atoms with Crippen LogP contribution in [-0.2, 0) is 14.3 Å².